The van der Waals surface area contributed by atoms with Crippen molar-refractivity contribution in [3.63, 3.8) is 0 Å². The molecule has 4 heterocycles. The zero-order valence-corrected chi connectivity index (χ0v) is 17.8. The van der Waals surface area contributed by atoms with Gasteiger partial charge in [-0.1, -0.05) is 6.42 Å². The Bertz CT molecular complexity index is 1000. The summed E-state index contributed by atoms with van der Waals surface area (Å²) in [6, 6.07) is 0. The van der Waals surface area contributed by atoms with Gasteiger partial charge in [0.2, 0.25) is 5.91 Å². The van der Waals surface area contributed by atoms with E-state index in [1.165, 1.54) is 11.3 Å². The second-order valence-electron chi connectivity index (χ2n) is 7.77. The molecule has 0 aromatic carbocycles. The van der Waals surface area contributed by atoms with Gasteiger partial charge < -0.3 is 10.2 Å². The van der Waals surface area contributed by atoms with Crippen LogP contribution in [0.5, 0.6) is 0 Å². The molecule has 4 rings (SSSR count). The van der Waals surface area contributed by atoms with Crippen molar-refractivity contribution in [1.29, 1.82) is 0 Å². The Morgan fingerprint density at radius 1 is 1.10 bits per heavy atom. The Morgan fingerprint density at radius 3 is 2.59 bits per heavy atom. The van der Waals surface area contributed by atoms with Gasteiger partial charge in [-0.3, -0.25) is 23.9 Å². The molecule has 1 saturated heterocycles. The number of aromatic nitrogens is 2. The number of aryl methyl sites for hydroxylation is 2. The number of hydrogen-bond acceptors (Lipinski definition) is 6. The average molecular weight is 418 g/mol. The fourth-order valence-corrected chi connectivity index (χ4v) is 5.31. The molecule has 1 fully saturated rings. The minimum atomic E-state index is -0.0373. The molecule has 29 heavy (non-hydrogen) atoms. The third kappa shape index (κ3) is 3.81. The SMILES string of the molecule is CNC(=O)CN1CCN(C(=O)c2sc3nc4n(c(=O)c3c2C)CCCCC4)CC1. The quantitative estimate of drug-likeness (QED) is 0.805. The molecule has 0 spiro atoms. The molecule has 2 aromatic heterocycles. The number of rotatable bonds is 3. The molecule has 8 nitrogen and oxygen atoms in total. The van der Waals surface area contributed by atoms with Crippen LogP contribution in [-0.2, 0) is 17.8 Å². The summed E-state index contributed by atoms with van der Waals surface area (Å²) in [5.41, 5.74) is 0.745. The fourth-order valence-electron chi connectivity index (χ4n) is 4.15. The van der Waals surface area contributed by atoms with Crippen molar-refractivity contribution in [3.05, 3.63) is 26.6 Å². The van der Waals surface area contributed by atoms with Gasteiger partial charge in [0.25, 0.3) is 11.5 Å². The molecule has 9 heteroatoms. The number of hydrogen-bond donors (Lipinski definition) is 1. The lowest BCUT2D eigenvalue weighted by molar-refractivity contribution is -0.122. The first-order chi connectivity index (χ1) is 14.0. The predicted molar refractivity (Wildman–Crippen MR) is 113 cm³/mol. The zero-order chi connectivity index (χ0) is 20.5. The highest BCUT2D eigenvalue weighted by molar-refractivity contribution is 7.20. The summed E-state index contributed by atoms with van der Waals surface area (Å²) >= 11 is 1.34. The molecule has 2 aliphatic heterocycles. The van der Waals surface area contributed by atoms with Crippen molar-refractivity contribution in [2.45, 2.75) is 39.2 Å². The maximum atomic E-state index is 13.2. The van der Waals surface area contributed by atoms with E-state index in [-0.39, 0.29) is 17.4 Å². The molecule has 0 unspecified atom stereocenters. The van der Waals surface area contributed by atoms with Crippen LogP contribution < -0.4 is 10.9 Å². The number of nitrogens with zero attached hydrogens (tertiary/aromatic N) is 4. The molecule has 0 saturated carbocycles. The minimum absolute atomic E-state index is 0.00454. The van der Waals surface area contributed by atoms with E-state index in [2.05, 4.69) is 5.32 Å². The van der Waals surface area contributed by atoms with Gasteiger partial charge in [-0.25, -0.2) is 4.98 Å². The Labute approximate surface area is 173 Å². The molecular weight excluding hydrogens is 390 g/mol. The van der Waals surface area contributed by atoms with E-state index in [0.717, 1.165) is 37.1 Å². The summed E-state index contributed by atoms with van der Waals surface area (Å²) in [5.74, 6) is 0.796. The van der Waals surface area contributed by atoms with Gasteiger partial charge in [-0.05, 0) is 25.3 Å². The van der Waals surface area contributed by atoms with E-state index < -0.39 is 0 Å². The first-order valence-electron chi connectivity index (χ1n) is 10.2. The molecule has 2 aromatic rings. The maximum Gasteiger partial charge on any atom is 0.264 e. The van der Waals surface area contributed by atoms with Crippen LogP contribution >= 0.6 is 11.3 Å². The van der Waals surface area contributed by atoms with Crippen LogP contribution in [0, 0.1) is 6.92 Å². The smallest absolute Gasteiger partial charge is 0.264 e. The van der Waals surface area contributed by atoms with Crippen LogP contribution in [0.4, 0.5) is 0 Å². The molecule has 156 valence electrons. The van der Waals surface area contributed by atoms with Crippen LogP contribution in [0.25, 0.3) is 10.2 Å². The Kier molecular flexibility index (Phi) is 5.69. The second-order valence-corrected chi connectivity index (χ2v) is 8.77. The number of amides is 2. The highest BCUT2D eigenvalue weighted by Crippen LogP contribution is 2.29. The lowest BCUT2D eigenvalue weighted by Gasteiger charge is -2.34. The van der Waals surface area contributed by atoms with Gasteiger partial charge in [0.1, 0.15) is 10.7 Å². The van der Waals surface area contributed by atoms with E-state index in [4.69, 9.17) is 4.98 Å². The van der Waals surface area contributed by atoms with Crippen LogP contribution in [0.3, 0.4) is 0 Å². The summed E-state index contributed by atoms with van der Waals surface area (Å²) in [5, 5.41) is 3.23. The van der Waals surface area contributed by atoms with E-state index in [1.807, 2.05) is 16.7 Å². The van der Waals surface area contributed by atoms with E-state index in [1.54, 1.807) is 11.6 Å². The molecular formula is C20H27N5O3S. The Balaban J connectivity index is 1.58. The van der Waals surface area contributed by atoms with Gasteiger partial charge in [0, 0.05) is 46.2 Å². The predicted octanol–water partition coefficient (Wildman–Crippen LogP) is 0.997. The molecule has 2 aliphatic rings. The normalized spacial score (nSPS) is 17.8. The largest absolute Gasteiger partial charge is 0.358 e. The maximum absolute atomic E-state index is 13.2. The van der Waals surface area contributed by atoms with Crippen LogP contribution in [0.1, 0.15) is 40.3 Å². The summed E-state index contributed by atoms with van der Waals surface area (Å²) in [7, 11) is 1.63. The van der Waals surface area contributed by atoms with Crippen LogP contribution in [-0.4, -0.2) is 70.9 Å². The number of likely N-dealkylation sites (N-methyl/N-ethyl adjacent to an activating group) is 1. The Hall–Kier alpha value is -2.26. The number of piperazine rings is 1. The highest BCUT2D eigenvalue weighted by atomic mass is 32.1. The highest BCUT2D eigenvalue weighted by Gasteiger charge is 2.28. The number of carbonyl (C=O) groups excluding carboxylic acids is 2. The van der Waals surface area contributed by atoms with Crippen molar-refractivity contribution in [2.75, 3.05) is 39.8 Å². The molecule has 1 N–H and O–H groups in total. The Morgan fingerprint density at radius 2 is 1.86 bits per heavy atom. The average Bonchev–Trinajstić information content (AvgIpc) is 2.89. The summed E-state index contributed by atoms with van der Waals surface area (Å²) in [6.07, 6.45) is 3.98. The molecule has 0 aliphatic carbocycles. The van der Waals surface area contributed by atoms with Gasteiger partial charge in [0.15, 0.2) is 0 Å². The van der Waals surface area contributed by atoms with E-state index in [0.29, 0.717) is 54.4 Å². The standard InChI is InChI=1S/C20H27N5O3S/c1-13-16-18(22-14-6-4-3-5-7-25(14)19(16)27)29-17(13)20(28)24-10-8-23(9-11-24)12-15(26)21-2/h3-12H2,1-2H3,(H,21,26). The summed E-state index contributed by atoms with van der Waals surface area (Å²) in [6.45, 7) is 5.41. The van der Waals surface area contributed by atoms with Crippen molar-refractivity contribution in [1.82, 2.24) is 24.7 Å². The van der Waals surface area contributed by atoms with Gasteiger partial charge >= 0.3 is 0 Å². The number of carbonyl (C=O) groups is 2. The second kappa shape index (κ2) is 8.23. The third-order valence-corrected chi connectivity index (χ3v) is 7.08. The first kappa shape index (κ1) is 20.0. The molecule has 0 radical (unpaired) electrons. The fraction of sp³-hybridized carbons (Fsp3) is 0.600. The molecule has 0 bridgehead atoms. The lowest BCUT2D eigenvalue weighted by Crippen LogP contribution is -2.50. The number of nitrogens with one attached hydrogen (secondary N) is 1. The van der Waals surface area contributed by atoms with Gasteiger partial charge in [0.05, 0.1) is 16.8 Å². The lowest BCUT2D eigenvalue weighted by atomic mass is 10.2. The van der Waals surface area contributed by atoms with Gasteiger partial charge in [-0.2, -0.15) is 0 Å². The molecule has 0 atom stereocenters. The van der Waals surface area contributed by atoms with Crippen molar-refractivity contribution < 1.29 is 9.59 Å². The minimum Gasteiger partial charge on any atom is -0.358 e. The van der Waals surface area contributed by atoms with Crippen molar-refractivity contribution in [2.24, 2.45) is 0 Å². The number of thiophene rings is 1. The zero-order valence-electron chi connectivity index (χ0n) is 17.0. The van der Waals surface area contributed by atoms with Gasteiger partial charge in [-0.15, -0.1) is 11.3 Å². The summed E-state index contributed by atoms with van der Waals surface area (Å²) in [4.78, 5) is 47.7. The van der Waals surface area contributed by atoms with Crippen LogP contribution in [0.15, 0.2) is 4.79 Å². The summed E-state index contributed by atoms with van der Waals surface area (Å²) < 4.78 is 1.81. The monoisotopic (exact) mass is 417 g/mol. The van der Waals surface area contributed by atoms with E-state index >= 15 is 0 Å². The molecule has 2 amide bonds. The van der Waals surface area contributed by atoms with Crippen LogP contribution in [0.2, 0.25) is 0 Å². The van der Waals surface area contributed by atoms with Crippen molar-refractivity contribution >= 4 is 33.4 Å². The number of fused-ring (bicyclic) bond motifs is 2. The van der Waals surface area contributed by atoms with E-state index in [9.17, 15) is 14.4 Å². The van der Waals surface area contributed by atoms with Crippen molar-refractivity contribution in [3.8, 4) is 0 Å². The topological polar surface area (TPSA) is 87.5 Å². The third-order valence-electron chi connectivity index (χ3n) is 5.91. The first-order valence-corrected chi connectivity index (χ1v) is 11.1.